The van der Waals surface area contributed by atoms with E-state index in [0.717, 1.165) is 18.8 Å². The first-order valence-corrected chi connectivity index (χ1v) is 5.39. The first-order chi connectivity index (χ1) is 7.15. The van der Waals surface area contributed by atoms with Crippen molar-refractivity contribution in [3.8, 4) is 0 Å². The molecule has 2 rings (SSSR count). The Balaban J connectivity index is 1.89. The molecule has 1 aliphatic heterocycles. The summed E-state index contributed by atoms with van der Waals surface area (Å²) in [5.41, 5.74) is 1.04. The van der Waals surface area contributed by atoms with Crippen LogP contribution in [0.25, 0.3) is 0 Å². The van der Waals surface area contributed by atoms with Crippen molar-refractivity contribution in [2.45, 2.75) is 25.6 Å². The smallest absolute Gasteiger partial charge is 0.0966 e. The maximum Gasteiger partial charge on any atom is 0.0966 e. The Morgan fingerprint density at radius 1 is 1.53 bits per heavy atom. The van der Waals surface area contributed by atoms with E-state index >= 15 is 0 Å². The summed E-state index contributed by atoms with van der Waals surface area (Å²) >= 11 is 0. The third-order valence-electron chi connectivity index (χ3n) is 2.90. The maximum absolute atomic E-state index is 4.15. The van der Waals surface area contributed by atoms with Crippen molar-refractivity contribution in [3.63, 3.8) is 0 Å². The average molecular weight is 209 g/mol. The van der Waals surface area contributed by atoms with Crippen molar-refractivity contribution < 1.29 is 0 Å². The minimum Gasteiger partial charge on any atom is -0.303 e. The molecule has 0 radical (unpaired) electrons. The summed E-state index contributed by atoms with van der Waals surface area (Å²) in [5.74, 6) is 0. The first kappa shape index (κ1) is 10.6. The van der Waals surface area contributed by atoms with Crippen molar-refractivity contribution in [3.05, 3.63) is 11.9 Å². The molecule has 1 aromatic rings. The van der Waals surface area contributed by atoms with E-state index in [1.807, 2.05) is 25.0 Å². The Bertz CT molecular complexity index is 319. The largest absolute Gasteiger partial charge is 0.303 e. The average Bonchev–Trinajstić information content (AvgIpc) is 2.59. The van der Waals surface area contributed by atoms with E-state index in [1.54, 1.807) is 0 Å². The molecule has 1 atom stereocenters. The van der Waals surface area contributed by atoms with Crippen LogP contribution in [0.4, 0.5) is 0 Å². The van der Waals surface area contributed by atoms with E-state index in [1.165, 1.54) is 13.0 Å². The fourth-order valence-corrected chi connectivity index (χ4v) is 1.84. The summed E-state index contributed by atoms with van der Waals surface area (Å²) in [6, 6.07) is 0.652. The highest BCUT2D eigenvalue weighted by atomic mass is 15.4. The van der Waals surface area contributed by atoms with Crippen LogP contribution in [-0.4, -0.2) is 58.5 Å². The number of likely N-dealkylation sites (N-methyl/N-ethyl adjacent to an activating group) is 1. The third kappa shape index (κ3) is 2.54. The quantitative estimate of drug-likeness (QED) is 0.702. The van der Waals surface area contributed by atoms with Gasteiger partial charge in [0.1, 0.15) is 0 Å². The van der Waals surface area contributed by atoms with Gasteiger partial charge < -0.3 is 9.80 Å². The molecule has 0 aliphatic carbocycles. The summed E-state index contributed by atoms with van der Waals surface area (Å²) in [7, 11) is 6.24. The standard InChI is InChI=1S/C10H19N5/c1-13(2)6-9-7-15(12-11-9)8-10-4-5-14(10)3/h7,10H,4-6,8H2,1-3H3. The predicted molar refractivity (Wildman–Crippen MR) is 58.4 cm³/mol. The number of likely N-dealkylation sites (tertiary alicyclic amines) is 1. The highest BCUT2D eigenvalue weighted by Crippen LogP contribution is 2.15. The Morgan fingerprint density at radius 2 is 2.33 bits per heavy atom. The summed E-state index contributed by atoms with van der Waals surface area (Å²) in [5, 5.41) is 8.28. The van der Waals surface area contributed by atoms with E-state index in [4.69, 9.17) is 0 Å². The topological polar surface area (TPSA) is 37.2 Å². The van der Waals surface area contributed by atoms with Crippen LogP contribution < -0.4 is 0 Å². The molecule has 0 N–H and O–H groups in total. The fourth-order valence-electron chi connectivity index (χ4n) is 1.84. The minimum atomic E-state index is 0.652. The molecule has 0 aromatic carbocycles. The first-order valence-electron chi connectivity index (χ1n) is 5.39. The van der Waals surface area contributed by atoms with Gasteiger partial charge in [-0.15, -0.1) is 5.10 Å². The molecule has 5 heteroatoms. The lowest BCUT2D eigenvalue weighted by Crippen LogP contribution is -2.47. The second kappa shape index (κ2) is 4.28. The van der Waals surface area contributed by atoms with Gasteiger partial charge in [-0.05, 0) is 34.1 Å². The minimum absolute atomic E-state index is 0.652. The van der Waals surface area contributed by atoms with E-state index in [0.29, 0.717) is 6.04 Å². The second-order valence-electron chi connectivity index (χ2n) is 4.59. The Labute approximate surface area is 90.7 Å². The van der Waals surface area contributed by atoms with E-state index in [2.05, 4.69) is 27.2 Å². The second-order valence-corrected chi connectivity index (χ2v) is 4.59. The number of aromatic nitrogens is 3. The van der Waals surface area contributed by atoms with Crippen molar-refractivity contribution in [1.29, 1.82) is 0 Å². The molecular weight excluding hydrogens is 190 g/mol. The van der Waals surface area contributed by atoms with Crippen molar-refractivity contribution in [1.82, 2.24) is 24.8 Å². The van der Waals surface area contributed by atoms with E-state index in [9.17, 15) is 0 Å². The Hall–Kier alpha value is -0.940. The zero-order valence-electron chi connectivity index (χ0n) is 9.72. The maximum atomic E-state index is 4.15. The van der Waals surface area contributed by atoms with Crippen molar-refractivity contribution >= 4 is 0 Å². The molecule has 1 aliphatic rings. The molecule has 0 bridgehead atoms. The van der Waals surface area contributed by atoms with Crippen LogP contribution in [0.5, 0.6) is 0 Å². The molecular formula is C10H19N5. The van der Waals surface area contributed by atoms with Gasteiger partial charge in [0.05, 0.1) is 12.2 Å². The monoisotopic (exact) mass is 209 g/mol. The normalized spacial score (nSPS) is 22.0. The van der Waals surface area contributed by atoms with Gasteiger partial charge in [0.25, 0.3) is 0 Å². The van der Waals surface area contributed by atoms with E-state index in [-0.39, 0.29) is 0 Å². The molecule has 1 fully saturated rings. The summed E-state index contributed by atoms with van der Waals surface area (Å²) in [6.45, 7) is 3.04. The van der Waals surface area contributed by atoms with Gasteiger partial charge in [0.15, 0.2) is 0 Å². The Kier molecular flexibility index (Phi) is 3.02. The SMILES string of the molecule is CN(C)Cc1cn(CC2CCN2C)nn1. The van der Waals surface area contributed by atoms with Gasteiger partial charge in [0.2, 0.25) is 0 Å². The highest BCUT2D eigenvalue weighted by Gasteiger charge is 2.24. The van der Waals surface area contributed by atoms with Crippen LogP contribution in [0.15, 0.2) is 6.20 Å². The van der Waals surface area contributed by atoms with Gasteiger partial charge >= 0.3 is 0 Å². The van der Waals surface area contributed by atoms with Crippen LogP contribution in [0.1, 0.15) is 12.1 Å². The van der Waals surface area contributed by atoms with Gasteiger partial charge in [-0.3, -0.25) is 4.68 Å². The van der Waals surface area contributed by atoms with Crippen LogP contribution in [-0.2, 0) is 13.1 Å². The molecule has 5 nitrogen and oxygen atoms in total. The molecule has 84 valence electrons. The van der Waals surface area contributed by atoms with Gasteiger partial charge in [0, 0.05) is 18.8 Å². The molecule has 2 heterocycles. The molecule has 0 spiro atoms. The fraction of sp³-hybridized carbons (Fsp3) is 0.800. The number of hydrogen-bond acceptors (Lipinski definition) is 4. The number of rotatable bonds is 4. The lowest BCUT2D eigenvalue weighted by Gasteiger charge is -2.37. The van der Waals surface area contributed by atoms with Crippen molar-refractivity contribution in [2.24, 2.45) is 0 Å². The molecule has 15 heavy (non-hydrogen) atoms. The van der Waals surface area contributed by atoms with Crippen LogP contribution in [0.2, 0.25) is 0 Å². The lowest BCUT2D eigenvalue weighted by molar-refractivity contribution is 0.106. The summed E-state index contributed by atoms with van der Waals surface area (Å²) < 4.78 is 1.96. The van der Waals surface area contributed by atoms with Crippen LogP contribution in [0.3, 0.4) is 0 Å². The molecule has 1 aromatic heterocycles. The summed E-state index contributed by atoms with van der Waals surface area (Å²) in [6.07, 6.45) is 3.32. The van der Waals surface area contributed by atoms with Gasteiger partial charge in [-0.25, -0.2) is 0 Å². The Morgan fingerprint density at radius 3 is 2.87 bits per heavy atom. The zero-order chi connectivity index (χ0) is 10.8. The predicted octanol–water partition coefficient (Wildman–Crippen LogP) is 0.0438. The summed E-state index contributed by atoms with van der Waals surface area (Å²) in [4.78, 5) is 4.46. The highest BCUT2D eigenvalue weighted by molar-refractivity contribution is 4.92. The number of nitrogens with zero attached hydrogens (tertiary/aromatic N) is 5. The number of hydrogen-bond donors (Lipinski definition) is 0. The van der Waals surface area contributed by atoms with Gasteiger partial charge in [-0.1, -0.05) is 5.21 Å². The molecule has 1 unspecified atom stereocenters. The van der Waals surface area contributed by atoms with Crippen LogP contribution in [0, 0.1) is 0 Å². The van der Waals surface area contributed by atoms with Gasteiger partial charge in [-0.2, -0.15) is 0 Å². The molecule has 0 amide bonds. The van der Waals surface area contributed by atoms with E-state index < -0.39 is 0 Å². The molecule has 0 saturated carbocycles. The zero-order valence-corrected chi connectivity index (χ0v) is 9.72. The third-order valence-corrected chi connectivity index (χ3v) is 2.90. The van der Waals surface area contributed by atoms with Crippen molar-refractivity contribution in [2.75, 3.05) is 27.7 Å². The molecule has 1 saturated heterocycles. The van der Waals surface area contributed by atoms with Crippen LogP contribution >= 0.6 is 0 Å². The lowest BCUT2D eigenvalue weighted by atomic mass is 10.1.